The van der Waals surface area contributed by atoms with E-state index in [0.717, 1.165) is 25.1 Å². The van der Waals surface area contributed by atoms with Gasteiger partial charge < -0.3 is 15.6 Å². The topological polar surface area (TPSA) is 62.1 Å². The highest BCUT2D eigenvalue weighted by molar-refractivity contribution is 5.97. The summed E-state index contributed by atoms with van der Waals surface area (Å²) in [7, 11) is 1.80. The minimum atomic E-state index is -0.292. The van der Waals surface area contributed by atoms with Gasteiger partial charge >= 0.3 is 0 Å². The van der Waals surface area contributed by atoms with E-state index in [1.807, 2.05) is 18.3 Å². The molecule has 1 fully saturated rings. The van der Waals surface area contributed by atoms with E-state index in [1.165, 1.54) is 0 Å². The number of H-pyrrole nitrogens is 1. The molecule has 0 spiro atoms. The van der Waals surface area contributed by atoms with Crippen molar-refractivity contribution in [2.75, 3.05) is 18.5 Å². The van der Waals surface area contributed by atoms with Crippen LogP contribution in [0.5, 0.6) is 0 Å². The molecule has 0 atom stereocenters. The van der Waals surface area contributed by atoms with Crippen LogP contribution < -0.4 is 10.6 Å². The molecule has 1 amide bonds. The lowest BCUT2D eigenvalue weighted by Gasteiger charge is -2.41. The summed E-state index contributed by atoms with van der Waals surface area (Å²) >= 11 is 0. The summed E-state index contributed by atoms with van der Waals surface area (Å²) in [5, 5.41) is 0. The lowest BCUT2D eigenvalue weighted by molar-refractivity contribution is -0.132. The molecule has 0 aliphatic heterocycles. The average molecular weight is 207 g/mol. The summed E-state index contributed by atoms with van der Waals surface area (Å²) in [6.45, 7) is 0.455. The Labute approximate surface area is 89.5 Å². The molecule has 3 N–H and O–H groups in total. The van der Waals surface area contributed by atoms with Crippen molar-refractivity contribution in [1.82, 2.24) is 4.98 Å². The minimum Gasteiger partial charge on any atom is -0.348 e. The number of carbonyl (C=O) groups is 1. The maximum Gasteiger partial charge on any atom is 0.235 e. The van der Waals surface area contributed by atoms with Crippen molar-refractivity contribution in [3.05, 3.63) is 18.3 Å². The summed E-state index contributed by atoms with van der Waals surface area (Å²) in [6.07, 6.45) is 4.78. The van der Waals surface area contributed by atoms with Crippen LogP contribution in [0.15, 0.2) is 18.3 Å². The van der Waals surface area contributed by atoms with Gasteiger partial charge in [-0.05, 0) is 25.0 Å². The molecule has 0 bridgehead atoms. The first-order chi connectivity index (χ1) is 7.19. The molecule has 2 rings (SSSR count). The molecule has 0 saturated heterocycles. The number of aromatic nitrogens is 1. The number of amides is 1. The molecular weight excluding hydrogens is 190 g/mol. The SMILES string of the molecule is CN(C(=O)C1(CN)CCC1)c1ccc[nH]1. The molecule has 4 nitrogen and oxygen atoms in total. The first-order valence-corrected chi connectivity index (χ1v) is 5.31. The third-order valence-corrected chi connectivity index (χ3v) is 3.40. The first kappa shape index (κ1) is 10.2. The summed E-state index contributed by atoms with van der Waals surface area (Å²) in [6, 6.07) is 3.77. The molecule has 1 heterocycles. The number of hydrogen-bond acceptors (Lipinski definition) is 2. The molecule has 82 valence electrons. The molecule has 1 aromatic heterocycles. The standard InChI is InChI=1S/C11H17N3O/c1-14(9-4-2-7-13-9)10(15)11(8-12)5-3-6-11/h2,4,7,13H,3,5-6,8,12H2,1H3. The lowest BCUT2D eigenvalue weighted by Crippen LogP contribution is -2.51. The maximum atomic E-state index is 12.2. The molecule has 0 aromatic carbocycles. The second-order valence-corrected chi connectivity index (χ2v) is 4.26. The maximum absolute atomic E-state index is 12.2. The van der Waals surface area contributed by atoms with Crippen LogP contribution in [0.3, 0.4) is 0 Å². The van der Waals surface area contributed by atoms with Crippen molar-refractivity contribution < 1.29 is 4.79 Å². The quantitative estimate of drug-likeness (QED) is 0.779. The van der Waals surface area contributed by atoms with E-state index in [2.05, 4.69) is 4.98 Å². The molecule has 1 aromatic rings. The van der Waals surface area contributed by atoms with Gasteiger partial charge in [0.2, 0.25) is 5.91 Å². The van der Waals surface area contributed by atoms with E-state index in [1.54, 1.807) is 11.9 Å². The van der Waals surface area contributed by atoms with Gasteiger partial charge in [0, 0.05) is 19.8 Å². The van der Waals surface area contributed by atoms with Crippen LogP contribution in [-0.4, -0.2) is 24.5 Å². The van der Waals surface area contributed by atoms with E-state index < -0.39 is 0 Å². The van der Waals surface area contributed by atoms with E-state index in [9.17, 15) is 4.79 Å². The van der Waals surface area contributed by atoms with Crippen molar-refractivity contribution in [3.8, 4) is 0 Å². The minimum absolute atomic E-state index is 0.138. The zero-order valence-electron chi connectivity index (χ0n) is 8.99. The Morgan fingerprint density at radius 2 is 2.40 bits per heavy atom. The van der Waals surface area contributed by atoms with Gasteiger partial charge in [-0.2, -0.15) is 0 Å². The predicted molar refractivity (Wildman–Crippen MR) is 59.5 cm³/mol. The fraction of sp³-hybridized carbons (Fsp3) is 0.545. The van der Waals surface area contributed by atoms with Gasteiger partial charge in [-0.15, -0.1) is 0 Å². The van der Waals surface area contributed by atoms with Gasteiger partial charge in [-0.1, -0.05) is 6.42 Å². The number of nitrogens with one attached hydrogen (secondary N) is 1. The van der Waals surface area contributed by atoms with Crippen molar-refractivity contribution in [2.45, 2.75) is 19.3 Å². The second-order valence-electron chi connectivity index (χ2n) is 4.26. The van der Waals surface area contributed by atoms with Crippen molar-refractivity contribution in [2.24, 2.45) is 11.1 Å². The molecule has 1 saturated carbocycles. The van der Waals surface area contributed by atoms with E-state index in [0.29, 0.717) is 6.54 Å². The second kappa shape index (κ2) is 3.70. The average Bonchev–Trinajstić information content (AvgIpc) is 2.68. The zero-order valence-corrected chi connectivity index (χ0v) is 8.99. The van der Waals surface area contributed by atoms with Crippen molar-refractivity contribution in [1.29, 1.82) is 0 Å². The monoisotopic (exact) mass is 207 g/mol. The highest BCUT2D eigenvalue weighted by Crippen LogP contribution is 2.41. The molecule has 1 aliphatic carbocycles. The Balaban J connectivity index is 2.14. The Morgan fingerprint density at radius 1 is 1.67 bits per heavy atom. The van der Waals surface area contributed by atoms with Crippen LogP contribution in [0.25, 0.3) is 0 Å². The number of nitrogens with zero attached hydrogens (tertiary/aromatic N) is 1. The van der Waals surface area contributed by atoms with Gasteiger partial charge in [-0.25, -0.2) is 0 Å². The van der Waals surface area contributed by atoms with Gasteiger partial charge in [-0.3, -0.25) is 4.79 Å². The van der Waals surface area contributed by atoms with Gasteiger partial charge in [0.05, 0.1) is 5.41 Å². The fourth-order valence-corrected chi connectivity index (χ4v) is 2.10. The summed E-state index contributed by atoms with van der Waals surface area (Å²) in [4.78, 5) is 16.9. The number of rotatable bonds is 3. The Hall–Kier alpha value is -1.29. The predicted octanol–water partition coefficient (Wildman–Crippen LogP) is 1.11. The summed E-state index contributed by atoms with van der Waals surface area (Å²) in [5.74, 6) is 0.971. The Morgan fingerprint density at radius 3 is 2.80 bits per heavy atom. The van der Waals surface area contributed by atoms with Crippen LogP contribution in [0.1, 0.15) is 19.3 Å². The van der Waals surface area contributed by atoms with Gasteiger partial charge in [0.15, 0.2) is 0 Å². The normalized spacial score (nSPS) is 18.3. The smallest absolute Gasteiger partial charge is 0.235 e. The molecule has 1 aliphatic rings. The fourth-order valence-electron chi connectivity index (χ4n) is 2.10. The Bertz CT molecular complexity index is 335. The van der Waals surface area contributed by atoms with Crippen LogP contribution in [0.4, 0.5) is 5.82 Å². The lowest BCUT2D eigenvalue weighted by atomic mass is 9.68. The largest absolute Gasteiger partial charge is 0.348 e. The van der Waals surface area contributed by atoms with Crippen molar-refractivity contribution in [3.63, 3.8) is 0 Å². The van der Waals surface area contributed by atoms with Crippen LogP contribution in [-0.2, 0) is 4.79 Å². The molecule has 0 unspecified atom stereocenters. The van der Waals surface area contributed by atoms with Gasteiger partial charge in [0.1, 0.15) is 5.82 Å². The highest BCUT2D eigenvalue weighted by atomic mass is 16.2. The zero-order chi connectivity index (χ0) is 10.9. The molecule has 4 heteroatoms. The van der Waals surface area contributed by atoms with E-state index in [-0.39, 0.29) is 11.3 Å². The summed E-state index contributed by atoms with van der Waals surface area (Å²) in [5.41, 5.74) is 5.41. The number of carbonyl (C=O) groups excluding carboxylic acids is 1. The molecule has 15 heavy (non-hydrogen) atoms. The number of aromatic amines is 1. The van der Waals surface area contributed by atoms with Crippen LogP contribution in [0, 0.1) is 5.41 Å². The third-order valence-electron chi connectivity index (χ3n) is 3.40. The first-order valence-electron chi connectivity index (χ1n) is 5.31. The van der Waals surface area contributed by atoms with E-state index >= 15 is 0 Å². The number of nitrogens with two attached hydrogens (primary N) is 1. The van der Waals surface area contributed by atoms with Crippen molar-refractivity contribution >= 4 is 11.7 Å². The number of anilines is 1. The molecular formula is C11H17N3O. The highest BCUT2D eigenvalue weighted by Gasteiger charge is 2.44. The number of hydrogen-bond donors (Lipinski definition) is 2. The Kier molecular flexibility index (Phi) is 2.52. The van der Waals surface area contributed by atoms with E-state index in [4.69, 9.17) is 5.73 Å². The van der Waals surface area contributed by atoms with Crippen LogP contribution >= 0.6 is 0 Å². The van der Waals surface area contributed by atoms with Gasteiger partial charge in [0.25, 0.3) is 0 Å². The summed E-state index contributed by atoms with van der Waals surface area (Å²) < 4.78 is 0. The molecule has 0 radical (unpaired) electrons. The van der Waals surface area contributed by atoms with Crippen LogP contribution in [0.2, 0.25) is 0 Å². The third kappa shape index (κ3) is 1.55.